The van der Waals surface area contributed by atoms with E-state index in [0.717, 1.165) is 51.5 Å². The number of anilines is 2. The number of hydrogen-bond donors (Lipinski definition) is 4. The van der Waals surface area contributed by atoms with Gasteiger partial charge in [0.15, 0.2) is 5.82 Å². The summed E-state index contributed by atoms with van der Waals surface area (Å²) >= 11 is 1.63. The molecule has 3 aliphatic rings. The van der Waals surface area contributed by atoms with E-state index in [9.17, 15) is 4.79 Å². The van der Waals surface area contributed by atoms with Crippen LogP contribution in [0.25, 0.3) is 0 Å². The van der Waals surface area contributed by atoms with Gasteiger partial charge in [-0.2, -0.15) is 5.10 Å². The predicted octanol–water partition coefficient (Wildman–Crippen LogP) is 2.09. The van der Waals surface area contributed by atoms with Crippen molar-refractivity contribution in [2.45, 2.75) is 24.7 Å². The predicted molar refractivity (Wildman–Crippen MR) is 124 cm³/mol. The van der Waals surface area contributed by atoms with Crippen LogP contribution >= 0.6 is 11.9 Å². The summed E-state index contributed by atoms with van der Waals surface area (Å²) in [7, 11) is 0. The number of fused-ring (bicyclic) bond motifs is 1. The second-order valence-electron chi connectivity index (χ2n) is 7.98. The summed E-state index contributed by atoms with van der Waals surface area (Å²) in [6.07, 6.45) is 7.51. The van der Waals surface area contributed by atoms with Gasteiger partial charge in [-0.25, -0.2) is 9.89 Å². The van der Waals surface area contributed by atoms with Gasteiger partial charge in [-0.3, -0.25) is 19.5 Å². The summed E-state index contributed by atoms with van der Waals surface area (Å²) in [5, 5.41) is 13.7. The summed E-state index contributed by atoms with van der Waals surface area (Å²) in [5.74, 6) is 2.87. The molecule has 9 nitrogen and oxygen atoms in total. The zero-order chi connectivity index (χ0) is 21.9. The van der Waals surface area contributed by atoms with Crippen molar-refractivity contribution in [3.63, 3.8) is 0 Å². The van der Waals surface area contributed by atoms with Crippen molar-refractivity contribution >= 4 is 35.2 Å². The van der Waals surface area contributed by atoms with Crippen LogP contribution in [0, 0.1) is 12.8 Å². The number of amidine groups is 1. The maximum Gasteiger partial charge on any atom is 0.233 e. The lowest BCUT2D eigenvalue weighted by Gasteiger charge is -2.27. The van der Waals surface area contributed by atoms with E-state index in [-0.39, 0.29) is 11.8 Å². The van der Waals surface area contributed by atoms with Gasteiger partial charge in [0.25, 0.3) is 0 Å². The van der Waals surface area contributed by atoms with Crippen molar-refractivity contribution in [1.82, 2.24) is 14.5 Å². The van der Waals surface area contributed by atoms with Gasteiger partial charge < -0.3 is 10.1 Å². The first kappa shape index (κ1) is 20.8. The second-order valence-corrected chi connectivity index (χ2v) is 9.10. The third-order valence-corrected chi connectivity index (χ3v) is 6.51. The SMILES string of the molecule is Cc1cc(NC2=CN(Sc3ccc(NC(=O)C4CCOCC4)cc3)CC3=NC=C[NH+]23)n[nH]1. The van der Waals surface area contributed by atoms with Crippen molar-refractivity contribution in [2.24, 2.45) is 10.9 Å². The number of hydrogen-bond acceptors (Lipinski definition) is 7. The fourth-order valence-corrected chi connectivity index (χ4v) is 4.74. The molecular weight excluding hydrogens is 426 g/mol. The molecule has 1 amide bonds. The number of aromatic amines is 1. The summed E-state index contributed by atoms with van der Waals surface area (Å²) in [6.45, 7) is 4.00. The van der Waals surface area contributed by atoms with Gasteiger partial charge in [-0.05, 0) is 56.0 Å². The zero-order valence-corrected chi connectivity index (χ0v) is 18.6. The van der Waals surface area contributed by atoms with E-state index < -0.39 is 0 Å². The zero-order valence-electron chi connectivity index (χ0n) is 17.8. The molecule has 1 atom stereocenters. The number of aryl methyl sites for hydroxylation is 1. The number of rotatable bonds is 6. The largest absolute Gasteiger partial charge is 0.381 e. The number of benzene rings is 1. The molecular formula is C22H26N7O2S+. The lowest BCUT2D eigenvalue weighted by atomic mass is 9.99. The summed E-state index contributed by atoms with van der Waals surface area (Å²) in [5.41, 5.74) is 1.82. The smallest absolute Gasteiger partial charge is 0.233 e. The number of H-pyrrole nitrogens is 1. The van der Waals surface area contributed by atoms with Crippen molar-refractivity contribution in [1.29, 1.82) is 0 Å². The molecule has 0 saturated carbocycles. The van der Waals surface area contributed by atoms with E-state index in [1.165, 1.54) is 0 Å². The Morgan fingerprint density at radius 1 is 1.28 bits per heavy atom. The molecule has 0 bridgehead atoms. The molecule has 0 radical (unpaired) electrons. The Morgan fingerprint density at radius 2 is 2.09 bits per heavy atom. The van der Waals surface area contributed by atoms with Crippen molar-refractivity contribution < 1.29 is 14.4 Å². The van der Waals surface area contributed by atoms with E-state index in [1.807, 2.05) is 49.7 Å². The Bertz CT molecular complexity index is 1070. The van der Waals surface area contributed by atoms with Gasteiger partial charge >= 0.3 is 0 Å². The number of carbonyl (C=O) groups excluding carboxylic acids is 1. The number of aliphatic imine (C=N–C) groups is 1. The molecule has 4 heterocycles. The highest BCUT2D eigenvalue weighted by Crippen LogP contribution is 2.26. The molecule has 1 unspecified atom stereocenters. The van der Waals surface area contributed by atoms with Gasteiger partial charge in [0.1, 0.15) is 12.7 Å². The van der Waals surface area contributed by atoms with Crippen molar-refractivity contribution in [2.75, 3.05) is 30.4 Å². The molecule has 1 saturated heterocycles. The third-order valence-electron chi connectivity index (χ3n) is 5.56. The molecule has 10 heteroatoms. The van der Waals surface area contributed by atoms with Crippen molar-refractivity contribution in [3.8, 4) is 0 Å². The number of carbonyl (C=O) groups is 1. The van der Waals surface area contributed by atoms with Crippen LogP contribution in [0.3, 0.4) is 0 Å². The molecule has 0 aliphatic carbocycles. The van der Waals surface area contributed by atoms with Crippen LogP contribution in [0.1, 0.15) is 18.5 Å². The molecule has 5 rings (SSSR count). The molecule has 1 fully saturated rings. The Balaban J connectivity index is 1.24. The topological polar surface area (TPSA) is 99.1 Å². The molecule has 1 aromatic carbocycles. The minimum absolute atomic E-state index is 0.0340. The van der Waals surface area contributed by atoms with Crippen LogP contribution in [0.5, 0.6) is 0 Å². The van der Waals surface area contributed by atoms with Gasteiger partial charge in [0.2, 0.25) is 17.6 Å². The Morgan fingerprint density at radius 3 is 2.84 bits per heavy atom. The highest BCUT2D eigenvalue weighted by Gasteiger charge is 2.32. The number of amides is 1. The number of ether oxygens (including phenoxy) is 1. The lowest BCUT2D eigenvalue weighted by Crippen LogP contribution is -3.10. The average Bonchev–Trinajstić information content (AvgIpc) is 3.44. The molecule has 3 aliphatic heterocycles. The Hall–Kier alpha value is -3.08. The van der Waals surface area contributed by atoms with Crippen LogP contribution < -0.4 is 15.5 Å². The van der Waals surface area contributed by atoms with E-state index >= 15 is 0 Å². The molecule has 1 aromatic heterocycles. The number of nitrogens with zero attached hydrogens (tertiary/aromatic N) is 3. The van der Waals surface area contributed by atoms with Gasteiger partial charge in [0.05, 0.1) is 12.4 Å². The van der Waals surface area contributed by atoms with Crippen molar-refractivity contribution in [3.05, 3.63) is 60.4 Å². The minimum Gasteiger partial charge on any atom is -0.381 e. The fraction of sp³-hybridized carbons (Fsp3) is 0.318. The highest BCUT2D eigenvalue weighted by atomic mass is 32.2. The van der Waals surface area contributed by atoms with Crippen LogP contribution in [-0.4, -0.2) is 46.0 Å². The number of nitrogens with one attached hydrogen (secondary N) is 4. The Labute approximate surface area is 190 Å². The van der Waals surface area contributed by atoms with Crippen LogP contribution in [0.2, 0.25) is 0 Å². The average molecular weight is 453 g/mol. The minimum atomic E-state index is 0.0340. The van der Waals surface area contributed by atoms with E-state index in [2.05, 4.69) is 36.3 Å². The first-order valence-corrected chi connectivity index (χ1v) is 11.5. The summed E-state index contributed by atoms with van der Waals surface area (Å²) in [4.78, 5) is 19.1. The summed E-state index contributed by atoms with van der Waals surface area (Å²) < 4.78 is 7.49. The third kappa shape index (κ3) is 4.72. The van der Waals surface area contributed by atoms with Crippen LogP contribution in [-0.2, 0) is 9.53 Å². The van der Waals surface area contributed by atoms with E-state index in [1.54, 1.807) is 11.9 Å². The Kier molecular flexibility index (Phi) is 5.97. The quantitative estimate of drug-likeness (QED) is 0.501. The monoisotopic (exact) mass is 452 g/mol. The number of quaternary nitrogens is 1. The maximum atomic E-state index is 12.4. The fourth-order valence-electron chi connectivity index (χ4n) is 3.86. The molecule has 0 spiro atoms. The first-order valence-electron chi connectivity index (χ1n) is 10.7. The molecule has 2 aromatic rings. The van der Waals surface area contributed by atoms with E-state index in [0.29, 0.717) is 19.8 Å². The standard InChI is InChI=1S/C22H25N7O2S/c1-15-12-19(27-26-15)25-21-14-28(13-20-23-8-9-29(20)21)32-18-4-2-17(3-5-18)24-22(30)16-6-10-31-11-7-16/h2-5,8-9,12,14,16H,6-7,10-11,13H2,1H3,(H,24,30)(H2,25,26,27)/p+1. The van der Waals surface area contributed by atoms with Crippen LogP contribution in [0.4, 0.5) is 11.5 Å². The maximum absolute atomic E-state index is 12.4. The second kappa shape index (κ2) is 9.19. The highest BCUT2D eigenvalue weighted by molar-refractivity contribution is 7.97. The van der Waals surface area contributed by atoms with Crippen LogP contribution in [0.15, 0.2) is 64.6 Å². The first-order chi connectivity index (χ1) is 15.6. The normalized spacial score (nSPS) is 20.5. The molecule has 4 N–H and O–H groups in total. The molecule has 166 valence electrons. The van der Waals surface area contributed by atoms with Gasteiger partial charge in [0, 0.05) is 41.5 Å². The summed E-state index contributed by atoms with van der Waals surface area (Å²) in [6, 6.07) is 9.92. The lowest BCUT2D eigenvalue weighted by molar-refractivity contribution is -0.699. The van der Waals surface area contributed by atoms with Gasteiger partial charge in [-0.15, -0.1) is 0 Å². The number of aromatic nitrogens is 2. The van der Waals surface area contributed by atoms with E-state index in [4.69, 9.17) is 4.74 Å². The molecule has 32 heavy (non-hydrogen) atoms. The van der Waals surface area contributed by atoms with Gasteiger partial charge in [-0.1, -0.05) is 0 Å².